The molecular weight excluding hydrogens is 182 g/mol. The Morgan fingerprint density at radius 3 is 2.93 bits per heavy atom. The first-order chi connectivity index (χ1) is 6.72. The zero-order valence-corrected chi connectivity index (χ0v) is 7.61. The van der Waals surface area contributed by atoms with Gasteiger partial charge in [-0.05, 0) is 12.1 Å². The fourth-order valence-corrected chi connectivity index (χ4v) is 1.29. The average molecular weight is 191 g/mol. The van der Waals surface area contributed by atoms with Gasteiger partial charge in [-0.3, -0.25) is 0 Å². The minimum absolute atomic E-state index is 0.183. The quantitative estimate of drug-likeness (QED) is 0.546. The van der Waals surface area contributed by atoms with E-state index in [9.17, 15) is 4.79 Å². The van der Waals surface area contributed by atoms with Crippen molar-refractivity contribution >= 4 is 16.7 Å². The second kappa shape index (κ2) is 3.06. The van der Waals surface area contributed by atoms with Gasteiger partial charge in [0.15, 0.2) is 5.58 Å². The first-order valence-electron chi connectivity index (χ1n) is 4.08. The molecule has 0 fully saturated rings. The van der Waals surface area contributed by atoms with Gasteiger partial charge in [-0.15, -0.1) is 0 Å². The Morgan fingerprint density at radius 2 is 2.21 bits per heavy atom. The Kier molecular flexibility index (Phi) is 1.89. The van der Waals surface area contributed by atoms with Crippen molar-refractivity contribution in [2.24, 2.45) is 0 Å². The van der Waals surface area contributed by atoms with E-state index in [1.54, 1.807) is 24.3 Å². The van der Waals surface area contributed by atoms with E-state index >= 15 is 0 Å². The van der Waals surface area contributed by atoms with Crippen molar-refractivity contribution in [3.63, 3.8) is 0 Å². The predicted octanol–water partition coefficient (Wildman–Crippen LogP) is 1.38. The van der Waals surface area contributed by atoms with Crippen molar-refractivity contribution in [2.75, 3.05) is 12.8 Å². The maximum Gasteiger partial charge on any atom is 0.379 e. The normalized spacial score (nSPS) is 10.4. The van der Waals surface area contributed by atoms with Crippen LogP contribution in [0.15, 0.2) is 33.5 Å². The Morgan fingerprint density at radius 1 is 1.43 bits per heavy atom. The van der Waals surface area contributed by atoms with Crippen LogP contribution < -0.4 is 16.1 Å². The summed E-state index contributed by atoms with van der Waals surface area (Å²) in [6, 6.07) is 6.88. The summed E-state index contributed by atoms with van der Waals surface area (Å²) in [5.74, 6) is 0.183. The van der Waals surface area contributed by atoms with E-state index in [2.05, 4.69) is 0 Å². The highest BCUT2D eigenvalue weighted by Crippen LogP contribution is 2.21. The third-order valence-corrected chi connectivity index (χ3v) is 1.98. The number of ether oxygens (including phenoxy) is 1. The smallest absolute Gasteiger partial charge is 0.379 e. The topological polar surface area (TPSA) is 65.5 Å². The van der Waals surface area contributed by atoms with Gasteiger partial charge in [0, 0.05) is 5.39 Å². The molecule has 0 unspecified atom stereocenters. The molecule has 0 spiro atoms. The van der Waals surface area contributed by atoms with Crippen molar-refractivity contribution in [3.05, 3.63) is 34.7 Å². The molecule has 0 radical (unpaired) electrons. The van der Waals surface area contributed by atoms with Gasteiger partial charge in [0.1, 0.15) is 0 Å². The lowest BCUT2D eigenvalue weighted by Gasteiger charge is -2.01. The Balaban J connectivity index is 2.86. The maximum absolute atomic E-state index is 11.3. The Labute approximate surface area is 79.9 Å². The molecule has 1 aromatic carbocycles. The number of hydrogen-bond donors (Lipinski definition) is 1. The van der Waals surface area contributed by atoms with Gasteiger partial charge in [0.05, 0.1) is 12.8 Å². The van der Waals surface area contributed by atoms with Crippen molar-refractivity contribution in [1.82, 2.24) is 0 Å². The Hall–Kier alpha value is -1.97. The second-order valence-corrected chi connectivity index (χ2v) is 2.87. The molecule has 1 aromatic heterocycles. The molecule has 72 valence electrons. The van der Waals surface area contributed by atoms with Crippen LogP contribution in [0.5, 0.6) is 5.75 Å². The molecule has 0 saturated heterocycles. The number of fused-ring (bicyclic) bond motifs is 1. The van der Waals surface area contributed by atoms with Gasteiger partial charge in [-0.1, -0.05) is 12.1 Å². The molecule has 4 nitrogen and oxygen atoms in total. The zero-order valence-electron chi connectivity index (χ0n) is 7.61. The molecule has 0 aliphatic heterocycles. The second-order valence-electron chi connectivity index (χ2n) is 2.87. The van der Waals surface area contributed by atoms with Gasteiger partial charge in [0.2, 0.25) is 5.75 Å². The summed E-state index contributed by atoms with van der Waals surface area (Å²) >= 11 is 0. The van der Waals surface area contributed by atoms with E-state index in [1.165, 1.54) is 7.11 Å². The number of nitrogen functional groups attached to an aromatic ring is 1. The number of methoxy groups -OCH3 is 1. The monoisotopic (exact) mass is 191 g/mol. The number of rotatable bonds is 1. The maximum atomic E-state index is 11.3. The molecule has 2 aromatic rings. The third kappa shape index (κ3) is 1.21. The molecule has 0 saturated carbocycles. The minimum atomic E-state index is -0.516. The number of hydrogen-bond acceptors (Lipinski definition) is 4. The molecule has 2 N–H and O–H groups in total. The van der Waals surface area contributed by atoms with Crippen LogP contribution in [0.3, 0.4) is 0 Å². The zero-order chi connectivity index (χ0) is 10.1. The lowest BCUT2D eigenvalue weighted by Crippen LogP contribution is -2.03. The van der Waals surface area contributed by atoms with Crippen LogP contribution in [0.1, 0.15) is 0 Å². The van der Waals surface area contributed by atoms with Crippen molar-refractivity contribution in [2.45, 2.75) is 0 Å². The third-order valence-electron chi connectivity index (χ3n) is 1.98. The van der Waals surface area contributed by atoms with E-state index in [0.29, 0.717) is 11.3 Å². The molecule has 4 heteroatoms. The van der Waals surface area contributed by atoms with Crippen molar-refractivity contribution < 1.29 is 9.15 Å². The summed E-state index contributed by atoms with van der Waals surface area (Å²) in [6.45, 7) is 0. The molecule has 0 bridgehead atoms. The molecule has 2 rings (SSSR count). The first-order valence-corrected chi connectivity index (χ1v) is 4.08. The Bertz CT molecular complexity index is 530. The van der Waals surface area contributed by atoms with E-state index in [1.807, 2.05) is 0 Å². The van der Waals surface area contributed by atoms with Gasteiger partial charge >= 0.3 is 5.63 Å². The van der Waals surface area contributed by atoms with Crippen LogP contribution in [-0.2, 0) is 0 Å². The summed E-state index contributed by atoms with van der Waals surface area (Å²) in [5.41, 5.74) is 5.98. The SMILES string of the molecule is COc1cc2cccc(N)c2oc1=O. The number of nitrogens with two attached hydrogens (primary N) is 1. The van der Waals surface area contributed by atoms with Gasteiger partial charge in [0.25, 0.3) is 0 Å². The van der Waals surface area contributed by atoms with E-state index in [-0.39, 0.29) is 5.75 Å². The highest BCUT2D eigenvalue weighted by molar-refractivity contribution is 5.87. The summed E-state index contributed by atoms with van der Waals surface area (Å²) in [7, 11) is 1.42. The largest absolute Gasteiger partial charge is 0.490 e. The van der Waals surface area contributed by atoms with Crippen LogP contribution in [0.25, 0.3) is 11.0 Å². The van der Waals surface area contributed by atoms with E-state index in [4.69, 9.17) is 14.9 Å². The predicted molar refractivity (Wildman–Crippen MR) is 53.4 cm³/mol. The van der Waals surface area contributed by atoms with Crippen molar-refractivity contribution in [3.8, 4) is 5.75 Å². The molecule has 14 heavy (non-hydrogen) atoms. The summed E-state index contributed by atoms with van der Waals surface area (Å²) in [4.78, 5) is 11.3. The van der Waals surface area contributed by atoms with Crippen LogP contribution in [0.4, 0.5) is 5.69 Å². The standard InChI is InChI=1S/C10H9NO3/c1-13-8-5-6-3-2-4-7(11)9(6)14-10(8)12/h2-5H,11H2,1H3. The molecule has 0 amide bonds. The highest BCUT2D eigenvalue weighted by Gasteiger charge is 2.06. The summed E-state index contributed by atoms with van der Waals surface area (Å²) in [6.07, 6.45) is 0. The summed E-state index contributed by atoms with van der Waals surface area (Å²) in [5, 5.41) is 0.751. The van der Waals surface area contributed by atoms with Crippen LogP contribution in [0, 0.1) is 0 Å². The van der Waals surface area contributed by atoms with Crippen LogP contribution in [0.2, 0.25) is 0 Å². The fraction of sp³-hybridized carbons (Fsp3) is 0.100. The van der Waals surface area contributed by atoms with Gasteiger partial charge in [-0.25, -0.2) is 4.79 Å². The number of para-hydroxylation sites is 1. The molecule has 1 heterocycles. The number of benzene rings is 1. The van der Waals surface area contributed by atoms with Crippen molar-refractivity contribution in [1.29, 1.82) is 0 Å². The lowest BCUT2D eigenvalue weighted by molar-refractivity contribution is 0.386. The first kappa shape index (κ1) is 8.62. The molecule has 0 atom stereocenters. The minimum Gasteiger partial charge on any atom is -0.490 e. The molecule has 0 aliphatic rings. The van der Waals surface area contributed by atoms with Gasteiger partial charge < -0.3 is 14.9 Å². The molecule has 0 aliphatic carbocycles. The van der Waals surface area contributed by atoms with E-state index in [0.717, 1.165) is 5.39 Å². The fourth-order valence-electron chi connectivity index (χ4n) is 1.29. The van der Waals surface area contributed by atoms with Crippen LogP contribution >= 0.6 is 0 Å². The lowest BCUT2D eigenvalue weighted by atomic mass is 10.2. The average Bonchev–Trinajstić information content (AvgIpc) is 2.19. The summed E-state index contributed by atoms with van der Waals surface area (Å²) < 4.78 is 9.85. The number of anilines is 1. The van der Waals surface area contributed by atoms with Crippen LogP contribution in [-0.4, -0.2) is 7.11 Å². The van der Waals surface area contributed by atoms with E-state index < -0.39 is 5.63 Å². The van der Waals surface area contributed by atoms with Gasteiger partial charge in [-0.2, -0.15) is 0 Å². The highest BCUT2D eigenvalue weighted by atomic mass is 16.5. The molecular formula is C10H9NO3.